The Hall–Kier alpha value is -3.15. The van der Waals surface area contributed by atoms with Gasteiger partial charge in [0.25, 0.3) is 0 Å². The molecular weight excluding hydrogens is 328 g/mol. The molecule has 0 unspecified atom stereocenters. The molecule has 0 saturated heterocycles. The van der Waals surface area contributed by atoms with Gasteiger partial charge in [-0.25, -0.2) is 4.68 Å². The Morgan fingerprint density at radius 1 is 0.923 bits per heavy atom. The van der Waals surface area contributed by atoms with Crippen molar-refractivity contribution in [3.05, 3.63) is 85.9 Å². The quantitative estimate of drug-likeness (QED) is 0.681. The molecule has 26 heavy (non-hydrogen) atoms. The van der Waals surface area contributed by atoms with Crippen molar-refractivity contribution < 1.29 is 0 Å². The Kier molecular flexibility index (Phi) is 3.95. The van der Waals surface area contributed by atoms with Crippen molar-refractivity contribution >= 4 is 11.6 Å². The zero-order valence-corrected chi connectivity index (χ0v) is 14.8. The summed E-state index contributed by atoms with van der Waals surface area (Å²) in [5, 5.41) is 4.51. The van der Waals surface area contributed by atoms with Gasteiger partial charge in [-0.1, -0.05) is 47.5 Å². The summed E-state index contributed by atoms with van der Waals surface area (Å²) < 4.78 is 2.74. The van der Waals surface area contributed by atoms with E-state index in [9.17, 15) is 9.59 Å². The van der Waals surface area contributed by atoms with E-state index >= 15 is 0 Å². The molecule has 0 atom stereocenters. The third kappa shape index (κ3) is 2.83. The van der Waals surface area contributed by atoms with Crippen LogP contribution in [0.15, 0.2) is 58.1 Å². The second-order valence-electron chi connectivity index (χ2n) is 6.70. The molecule has 3 aromatic rings. The van der Waals surface area contributed by atoms with Gasteiger partial charge in [0.1, 0.15) is 0 Å². The van der Waals surface area contributed by atoms with Crippen molar-refractivity contribution in [1.29, 1.82) is 0 Å². The molecule has 1 aliphatic rings. The fourth-order valence-corrected chi connectivity index (χ4v) is 3.29. The molecule has 0 spiro atoms. The van der Waals surface area contributed by atoms with Crippen LogP contribution >= 0.6 is 0 Å². The highest BCUT2D eigenvalue weighted by Crippen LogP contribution is 2.26. The molecule has 4 rings (SSSR count). The SMILES string of the molecule is Cc1ccc(N2CCn3c2nn(Cc2cccc(C)c2)c(=O)c3=O)cc1. The Bertz CT molecular complexity index is 1080. The third-order valence-corrected chi connectivity index (χ3v) is 4.66. The van der Waals surface area contributed by atoms with Gasteiger partial charge in [-0.05, 0) is 31.5 Å². The molecule has 1 aliphatic heterocycles. The minimum Gasteiger partial charge on any atom is -0.309 e. The normalized spacial score (nSPS) is 13.1. The molecule has 2 aromatic carbocycles. The van der Waals surface area contributed by atoms with E-state index in [0.717, 1.165) is 16.8 Å². The number of fused-ring (bicyclic) bond motifs is 1. The number of nitrogens with zero attached hydrogens (tertiary/aromatic N) is 4. The van der Waals surface area contributed by atoms with Crippen molar-refractivity contribution in [2.24, 2.45) is 0 Å². The molecule has 6 nitrogen and oxygen atoms in total. The zero-order chi connectivity index (χ0) is 18.3. The van der Waals surface area contributed by atoms with Gasteiger partial charge >= 0.3 is 11.1 Å². The number of anilines is 2. The van der Waals surface area contributed by atoms with Crippen molar-refractivity contribution in [2.45, 2.75) is 26.9 Å². The largest absolute Gasteiger partial charge is 0.333 e. The highest BCUT2D eigenvalue weighted by molar-refractivity contribution is 5.59. The first-order valence-corrected chi connectivity index (χ1v) is 8.64. The van der Waals surface area contributed by atoms with E-state index in [0.29, 0.717) is 19.0 Å². The van der Waals surface area contributed by atoms with Crippen LogP contribution in [0.1, 0.15) is 16.7 Å². The lowest BCUT2D eigenvalue weighted by Gasteiger charge is -2.18. The number of rotatable bonds is 3. The van der Waals surface area contributed by atoms with Crippen molar-refractivity contribution in [1.82, 2.24) is 14.3 Å². The third-order valence-electron chi connectivity index (χ3n) is 4.66. The number of aromatic nitrogens is 3. The summed E-state index contributed by atoms with van der Waals surface area (Å²) >= 11 is 0. The second-order valence-corrected chi connectivity index (χ2v) is 6.70. The number of hydrogen-bond acceptors (Lipinski definition) is 4. The zero-order valence-electron chi connectivity index (χ0n) is 14.8. The van der Waals surface area contributed by atoms with Gasteiger partial charge in [-0.15, -0.1) is 5.10 Å². The predicted octanol–water partition coefficient (Wildman–Crippen LogP) is 2.22. The maximum Gasteiger partial charge on any atom is 0.333 e. The number of benzene rings is 2. The van der Waals surface area contributed by atoms with Gasteiger partial charge in [0.15, 0.2) is 0 Å². The fourth-order valence-electron chi connectivity index (χ4n) is 3.29. The van der Waals surface area contributed by atoms with Crippen LogP contribution in [0.5, 0.6) is 0 Å². The van der Waals surface area contributed by atoms with Crippen LogP contribution in [0.3, 0.4) is 0 Å². The average Bonchev–Trinajstić information content (AvgIpc) is 3.04. The van der Waals surface area contributed by atoms with Crippen LogP contribution in [-0.4, -0.2) is 20.9 Å². The summed E-state index contributed by atoms with van der Waals surface area (Å²) in [5.74, 6) is 0.520. The summed E-state index contributed by atoms with van der Waals surface area (Å²) in [6.07, 6.45) is 0. The van der Waals surface area contributed by atoms with E-state index in [-0.39, 0.29) is 6.54 Å². The molecule has 0 N–H and O–H groups in total. The Labute approximate surface area is 150 Å². The van der Waals surface area contributed by atoms with Gasteiger partial charge in [0.05, 0.1) is 6.54 Å². The number of hydrogen-bond donors (Lipinski definition) is 0. The molecule has 0 aliphatic carbocycles. The topological polar surface area (TPSA) is 60.1 Å². The Morgan fingerprint density at radius 3 is 2.42 bits per heavy atom. The molecule has 1 aromatic heterocycles. The van der Waals surface area contributed by atoms with Gasteiger partial charge in [0, 0.05) is 18.8 Å². The molecule has 0 amide bonds. The van der Waals surface area contributed by atoms with E-state index in [4.69, 9.17) is 0 Å². The van der Waals surface area contributed by atoms with Crippen molar-refractivity contribution in [3.63, 3.8) is 0 Å². The monoisotopic (exact) mass is 348 g/mol. The molecule has 132 valence electrons. The molecule has 0 saturated carbocycles. The molecule has 6 heteroatoms. The van der Waals surface area contributed by atoms with Crippen LogP contribution in [0.4, 0.5) is 11.6 Å². The molecule has 0 bridgehead atoms. The predicted molar refractivity (Wildman–Crippen MR) is 101 cm³/mol. The first kappa shape index (κ1) is 16.3. The maximum atomic E-state index is 12.5. The van der Waals surface area contributed by atoms with Gasteiger partial charge in [-0.3, -0.25) is 14.2 Å². The van der Waals surface area contributed by atoms with Crippen LogP contribution in [0, 0.1) is 13.8 Å². The highest BCUT2D eigenvalue weighted by atomic mass is 16.2. The minimum absolute atomic E-state index is 0.283. The van der Waals surface area contributed by atoms with Crippen molar-refractivity contribution in [2.75, 3.05) is 11.4 Å². The van der Waals surface area contributed by atoms with Gasteiger partial charge < -0.3 is 4.90 Å². The first-order valence-electron chi connectivity index (χ1n) is 8.64. The summed E-state index contributed by atoms with van der Waals surface area (Å²) in [4.78, 5) is 27.0. The van der Waals surface area contributed by atoms with E-state index in [1.807, 2.05) is 67.3 Å². The van der Waals surface area contributed by atoms with E-state index in [1.54, 1.807) is 0 Å². The molecule has 0 radical (unpaired) electrons. The number of aryl methyl sites for hydroxylation is 2. The smallest absolute Gasteiger partial charge is 0.309 e. The van der Waals surface area contributed by atoms with Gasteiger partial charge in [0.2, 0.25) is 5.95 Å². The first-order chi connectivity index (χ1) is 12.5. The lowest BCUT2D eigenvalue weighted by Crippen LogP contribution is -2.42. The Balaban J connectivity index is 1.78. The summed E-state index contributed by atoms with van der Waals surface area (Å²) in [5.41, 5.74) is 3.09. The lowest BCUT2D eigenvalue weighted by molar-refractivity contribution is 0.591. The van der Waals surface area contributed by atoms with E-state index in [1.165, 1.54) is 14.8 Å². The maximum absolute atomic E-state index is 12.5. The minimum atomic E-state index is -0.582. The fraction of sp³-hybridized carbons (Fsp3) is 0.250. The van der Waals surface area contributed by atoms with Crippen LogP contribution in [0.2, 0.25) is 0 Å². The van der Waals surface area contributed by atoms with Crippen LogP contribution in [-0.2, 0) is 13.1 Å². The Morgan fingerprint density at radius 2 is 1.69 bits per heavy atom. The summed E-state index contributed by atoms with van der Waals surface area (Å²) in [6, 6.07) is 15.9. The summed E-state index contributed by atoms with van der Waals surface area (Å²) in [6.45, 7) is 5.40. The van der Waals surface area contributed by atoms with Gasteiger partial charge in [-0.2, -0.15) is 0 Å². The van der Waals surface area contributed by atoms with E-state index < -0.39 is 11.1 Å². The van der Waals surface area contributed by atoms with Crippen LogP contribution in [0.25, 0.3) is 0 Å². The standard InChI is InChI=1S/C20H20N4O2/c1-14-6-8-17(9-7-14)22-10-11-23-18(25)19(26)24(21-20(22)23)13-16-5-3-4-15(2)12-16/h3-9,12H,10-11,13H2,1-2H3. The average molecular weight is 348 g/mol. The van der Waals surface area contributed by atoms with E-state index in [2.05, 4.69) is 5.10 Å². The van der Waals surface area contributed by atoms with Crippen molar-refractivity contribution in [3.8, 4) is 0 Å². The van der Waals surface area contributed by atoms with Crippen LogP contribution < -0.4 is 16.0 Å². The molecule has 0 fully saturated rings. The molecule has 2 heterocycles. The molecular formula is C20H20N4O2. The highest BCUT2D eigenvalue weighted by Gasteiger charge is 2.25. The second kappa shape index (κ2) is 6.29. The lowest BCUT2D eigenvalue weighted by atomic mass is 10.1. The summed E-state index contributed by atoms with van der Waals surface area (Å²) in [7, 11) is 0.